The van der Waals surface area contributed by atoms with E-state index in [1.165, 1.54) is 23.9 Å². The molecule has 0 unspecified atom stereocenters. The molecule has 0 bridgehead atoms. The molecule has 0 radical (unpaired) electrons. The highest BCUT2D eigenvalue weighted by atomic mass is 32.2. The van der Waals surface area contributed by atoms with Gasteiger partial charge in [-0.2, -0.15) is 0 Å². The number of carbonyl (C=O) groups excluding carboxylic acids is 1. The number of sulfonamides is 1. The van der Waals surface area contributed by atoms with Gasteiger partial charge in [-0.05, 0) is 61.4 Å². The summed E-state index contributed by atoms with van der Waals surface area (Å²) < 4.78 is 23.0. The van der Waals surface area contributed by atoms with Crippen LogP contribution in [0.15, 0.2) is 46.2 Å². The van der Waals surface area contributed by atoms with Crippen LogP contribution in [0.1, 0.15) is 11.1 Å². The highest BCUT2D eigenvalue weighted by molar-refractivity contribution is 8.00. The van der Waals surface area contributed by atoms with Gasteiger partial charge in [-0.25, -0.2) is 13.6 Å². The molecule has 0 saturated heterocycles. The van der Waals surface area contributed by atoms with Crippen molar-refractivity contribution in [2.24, 2.45) is 5.14 Å². The maximum Gasteiger partial charge on any atom is 0.238 e. The van der Waals surface area contributed by atoms with Gasteiger partial charge in [0.25, 0.3) is 0 Å². The smallest absolute Gasteiger partial charge is 0.238 e. The third-order valence-corrected chi connectivity index (χ3v) is 5.35. The fourth-order valence-electron chi connectivity index (χ4n) is 2.00. The molecular formula is C16H18N2O4S2. The summed E-state index contributed by atoms with van der Waals surface area (Å²) in [5.74, 6) is 0.0555. The van der Waals surface area contributed by atoms with Crippen LogP contribution in [0.2, 0.25) is 0 Å². The van der Waals surface area contributed by atoms with Crippen LogP contribution >= 0.6 is 11.8 Å². The van der Waals surface area contributed by atoms with E-state index in [1.807, 2.05) is 0 Å². The average Bonchev–Trinajstić information content (AvgIpc) is 2.50. The SMILES string of the molecule is Cc1cc(S(N)(=O)=O)cc(NC(=O)CSc2ccc(O)cc2)c1C. The Hall–Kier alpha value is -2.03. The summed E-state index contributed by atoms with van der Waals surface area (Å²) in [6, 6.07) is 9.35. The number of nitrogens with two attached hydrogens (primary N) is 1. The summed E-state index contributed by atoms with van der Waals surface area (Å²) in [6.07, 6.45) is 0. The molecule has 4 N–H and O–H groups in total. The number of rotatable bonds is 5. The van der Waals surface area contributed by atoms with Gasteiger partial charge < -0.3 is 10.4 Å². The normalized spacial score (nSPS) is 11.3. The summed E-state index contributed by atoms with van der Waals surface area (Å²) >= 11 is 1.31. The van der Waals surface area contributed by atoms with Gasteiger partial charge in [-0.3, -0.25) is 4.79 Å². The molecule has 2 aromatic rings. The Balaban J connectivity index is 2.11. The molecule has 0 aromatic heterocycles. The van der Waals surface area contributed by atoms with Crippen LogP contribution in [0.25, 0.3) is 0 Å². The molecule has 1 amide bonds. The first-order valence-electron chi connectivity index (χ1n) is 7.02. The van der Waals surface area contributed by atoms with Crippen molar-refractivity contribution < 1.29 is 18.3 Å². The molecule has 0 saturated carbocycles. The lowest BCUT2D eigenvalue weighted by Crippen LogP contribution is -2.17. The summed E-state index contributed by atoms with van der Waals surface area (Å²) in [6.45, 7) is 3.55. The Bertz CT molecular complexity index is 862. The first kappa shape index (κ1) is 18.3. The Morgan fingerprint density at radius 3 is 2.42 bits per heavy atom. The molecule has 0 aliphatic rings. The van der Waals surface area contributed by atoms with Crippen LogP contribution in [-0.2, 0) is 14.8 Å². The van der Waals surface area contributed by atoms with Crippen molar-refractivity contribution in [3.8, 4) is 5.75 Å². The average molecular weight is 366 g/mol. The number of anilines is 1. The number of hydrogen-bond acceptors (Lipinski definition) is 5. The summed E-state index contributed by atoms with van der Waals surface area (Å²) in [7, 11) is -3.84. The van der Waals surface area contributed by atoms with Crippen molar-refractivity contribution in [1.82, 2.24) is 0 Å². The van der Waals surface area contributed by atoms with Crippen molar-refractivity contribution in [3.63, 3.8) is 0 Å². The molecule has 24 heavy (non-hydrogen) atoms. The molecule has 0 heterocycles. The van der Waals surface area contributed by atoms with Gasteiger partial charge in [-0.15, -0.1) is 11.8 Å². The third-order valence-electron chi connectivity index (χ3n) is 3.45. The lowest BCUT2D eigenvalue weighted by Gasteiger charge is -2.12. The molecule has 128 valence electrons. The van der Waals surface area contributed by atoms with Crippen molar-refractivity contribution >= 4 is 33.4 Å². The molecule has 0 aliphatic heterocycles. The highest BCUT2D eigenvalue weighted by Gasteiger charge is 2.14. The first-order valence-corrected chi connectivity index (χ1v) is 9.56. The zero-order valence-electron chi connectivity index (χ0n) is 13.2. The van der Waals surface area contributed by atoms with Crippen LogP contribution < -0.4 is 10.5 Å². The quantitative estimate of drug-likeness (QED) is 0.704. The topological polar surface area (TPSA) is 109 Å². The van der Waals surface area contributed by atoms with Crippen LogP contribution in [0.3, 0.4) is 0 Å². The number of primary sulfonamides is 1. The van der Waals surface area contributed by atoms with Crippen LogP contribution in [0.5, 0.6) is 5.75 Å². The minimum atomic E-state index is -3.84. The van der Waals surface area contributed by atoms with Crippen molar-refractivity contribution in [2.75, 3.05) is 11.1 Å². The van der Waals surface area contributed by atoms with E-state index in [9.17, 15) is 18.3 Å². The van der Waals surface area contributed by atoms with Crippen LogP contribution in [-0.4, -0.2) is 25.2 Å². The molecule has 0 aliphatic carbocycles. The highest BCUT2D eigenvalue weighted by Crippen LogP contribution is 2.25. The molecule has 0 spiro atoms. The molecule has 0 fully saturated rings. The molecule has 2 rings (SSSR count). The van der Waals surface area contributed by atoms with E-state index < -0.39 is 10.0 Å². The maximum atomic E-state index is 12.1. The van der Waals surface area contributed by atoms with Crippen LogP contribution in [0.4, 0.5) is 5.69 Å². The Morgan fingerprint density at radius 1 is 1.21 bits per heavy atom. The first-order chi connectivity index (χ1) is 11.2. The number of phenols is 1. The number of benzene rings is 2. The number of aromatic hydroxyl groups is 1. The number of aryl methyl sites for hydroxylation is 1. The van der Waals surface area contributed by atoms with Crippen molar-refractivity contribution in [3.05, 3.63) is 47.5 Å². The van der Waals surface area contributed by atoms with E-state index in [1.54, 1.807) is 38.1 Å². The van der Waals surface area contributed by atoms with E-state index >= 15 is 0 Å². The van der Waals surface area contributed by atoms with Gasteiger partial charge in [0.1, 0.15) is 5.75 Å². The van der Waals surface area contributed by atoms with Gasteiger partial charge in [0.15, 0.2) is 0 Å². The third kappa shape index (κ3) is 4.73. The minimum Gasteiger partial charge on any atom is -0.508 e. The predicted octanol–water partition coefficient (Wildman–Crippen LogP) is 2.39. The van der Waals surface area contributed by atoms with Crippen molar-refractivity contribution in [1.29, 1.82) is 0 Å². The Labute approximate surface area is 145 Å². The van der Waals surface area contributed by atoms with E-state index in [4.69, 9.17) is 5.14 Å². The number of thioether (sulfide) groups is 1. The second kappa shape index (κ2) is 7.25. The second-order valence-electron chi connectivity index (χ2n) is 5.29. The number of nitrogens with one attached hydrogen (secondary N) is 1. The standard InChI is InChI=1S/C16H18N2O4S2/c1-10-7-14(24(17,21)22)8-15(11(10)2)18-16(20)9-23-13-5-3-12(19)4-6-13/h3-8,19H,9H2,1-2H3,(H,18,20)(H2,17,21,22). The molecule has 0 atom stereocenters. The predicted molar refractivity (Wildman–Crippen MR) is 94.7 cm³/mol. The largest absolute Gasteiger partial charge is 0.508 e. The van der Waals surface area contributed by atoms with Gasteiger partial charge in [0.05, 0.1) is 10.6 Å². The fourth-order valence-corrected chi connectivity index (χ4v) is 3.32. The summed E-state index contributed by atoms with van der Waals surface area (Å²) in [5.41, 5.74) is 1.93. The number of hydrogen-bond donors (Lipinski definition) is 3. The molecule has 2 aromatic carbocycles. The lowest BCUT2D eigenvalue weighted by atomic mass is 10.1. The molecular weight excluding hydrogens is 348 g/mol. The molecule has 8 heteroatoms. The minimum absolute atomic E-state index is 0.0351. The van der Waals surface area contributed by atoms with Crippen LogP contribution in [0, 0.1) is 13.8 Å². The number of carbonyl (C=O) groups is 1. The Kier molecular flexibility index (Phi) is 5.53. The van der Waals surface area contributed by atoms with Crippen molar-refractivity contribution in [2.45, 2.75) is 23.6 Å². The van der Waals surface area contributed by atoms with Gasteiger partial charge in [-0.1, -0.05) is 0 Å². The van der Waals surface area contributed by atoms with Gasteiger partial charge in [0, 0.05) is 10.6 Å². The fraction of sp³-hybridized carbons (Fsp3) is 0.188. The zero-order chi connectivity index (χ0) is 17.9. The van der Waals surface area contributed by atoms with E-state index in [-0.39, 0.29) is 22.3 Å². The van der Waals surface area contributed by atoms with E-state index in [2.05, 4.69) is 5.32 Å². The molecule has 6 nitrogen and oxygen atoms in total. The zero-order valence-corrected chi connectivity index (χ0v) is 14.9. The second-order valence-corrected chi connectivity index (χ2v) is 7.90. The lowest BCUT2D eigenvalue weighted by molar-refractivity contribution is -0.113. The van der Waals surface area contributed by atoms with Gasteiger partial charge in [0.2, 0.25) is 15.9 Å². The summed E-state index contributed by atoms with van der Waals surface area (Å²) in [4.78, 5) is 12.9. The number of phenolic OH excluding ortho intramolecular Hbond substituents is 1. The Morgan fingerprint density at radius 2 is 1.83 bits per heavy atom. The maximum absolute atomic E-state index is 12.1. The van der Waals surface area contributed by atoms with E-state index in [0.29, 0.717) is 5.69 Å². The summed E-state index contributed by atoms with van der Waals surface area (Å²) in [5, 5.41) is 17.1. The monoisotopic (exact) mass is 366 g/mol. The van der Waals surface area contributed by atoms with Gasteiger partial charge >= 0.3 is 0 Å². The van der Waals surface area contributed by atoms with E-state index in [0.717, 1.165) is 16.0 Å². The number of amides is 1.